The number of rotatable bonds is 5. The molecule has 31 heavy (non-hydrogen) atoms. The SMILES string of the molecule is CC(NC(=O)Cn1cnc2c(cnn2-c2ccccc2)c1=O)c1ccc2c(c1)OCO2. The molecule has 1 aliphatic heterocycles. The molecule has 0 saturated carbocycles. The fraction of sp³-hybridized carbons (Fsp3) is 0.182. The summed E-state index contributed by atoms with van der Waals surface area (Å²) in [4.78, 5) is 29.8. The monoisotopic (exact) mass is 417 g/mol. The minimum absolute atomic E-state index is 0.146. The van der Waals surface area contributed by atoms with Crippen molar-refractivity contribution < 1.29 is 14.3 Å². The van der Waals surface area contributed by atoms with Gasteiger partial charge in [0.15, 0.2) is 17.1 Å². The second-order valence-electron chi connectivity index (χ2n) is 7.21. The molecule has 0 aliphatic carbocycles. The zero-order valence-electron chi connectivity index (χ0n) is 16.7. The van der Waals surface area contributed by atoms with E-state index >= 15 is 0 Å². The van der Waals surface area contributed by atoms with Gasteiger partial charge in [-0.15, -0.1) is 0 Å². The van der Waals surface area contributed by atoms with Gasteiger partial charge in [-0.1, -0.05) is 24.3 Å². The van der Waals surface area contributed by atoms with Gasteiger partial charge in [0.25, 0.3) is 5.56 Å². The van der Waals surface area contributed by atoms with Crippen molar-refractivity contribution in [3.63, 3.8) is 0 Å². The number of fused-ring (bicyclic) bond motifs is 2. The van der Waals surface area contributed by atoms with Crippen LogP contribution in [0.5, 0.6) is 11.5 Å². The van der Waals surface area contributed by atoms with Crippen molar-refractivity contribution in [1.82, 2.24) is 24.6 Å². The lowest BCUT2D eigenvalue weighted by Gasteiger charge is -2.15. The van der Waals surface area contributed by atoms with Crippen molar-refractivity contribution in [2.75, 3.05) is 6.79 Å². The Morgan fingerprint density at radius 3 is 2.81 bits per heavy atom. The molecule has 0 fully saturated rings. The number of amides is 1. The number of benzene rings is 2. The van der Waals surface area contributed by atoms with E-state index in [0.29, 0.717) is 22.5 Å². The lowest BCUT2D eigenvalue weighted by Crippen LogP contribution is -2.33. The summed E-state index contributed by atoms with van der Waals surface area (Å²) in [6, 6.07) is 14.7. The predicted molar refractivity (Wildman–Crippen MR) is 112 cm³/mol. The molecule has 5 rings (SSSR count). The third kappa shape index (κ3) is 3.50. The standard InChI is InChI=1S/C22H19N5O4/c1-14(15-7-8-18-19(9-15)31-13-30-18)25-20(28)11-26-12-23-21-17(22(26)29)10-24-27(21)16-5-3-2-4-6-16/h2-10,12,14H,11,13H2,1H3,(H,25,28). The van der Waals surface area contributed by atoms with Gasteiger partial charge in [0.1, 0.15) is 18.3 Å². The van der Waals surface area contributed by atoms with Crippen molar-refractivity contribution in [2.24, 2.45) is 0 Å². The van der Waals surface area contributed by atoms with E-state index in [2.05, 4.69) is 15.4 Å². The molecule has 1 aliphatic rings. The highest BCUT2D eigenvalue weighted by molar-refractivity contribution is 5.78. The summed E-state index contributed by atoms with van der Waals surface area (Å²) in [5.41, 5.74) is 1.81. The zero-order valence-corrected chi connectivity index (χ0v) is 16.7. The highest BCUT2D eigenvalue weighted by Crippen LogP contribution is 2.34. The molecule has 3 heterocycles. The van der Waals surface area contributed by atoms with E-state index in [1.54, 1.807) is 4.68 Å². The van der Waals surface area contributed by atoms with Gasteiger partial charge in [-0.25, -0.2) is 9.67 Å². The van der Waals surface area contributed by atoms with Gasteiger partial charge in [-0.05, 0) is 36.8 Å². The fourth-order valence-electron chi connectivity index (χ4n) is 3.53. The number of carbonyl (C=O) groups is 1. The van der Waals surface area contributed by atoms with E-state index in [1.807, 2.05) is 55.5 Å². The summed E-state index contributed by atoms with van der Waals surface area (Å²) in [5, 5.41) is 7.53. The minimum Gasteiger partial charge on any atom is -0.454 e. The van der Waals surface area contributed by atoms with Crippen LogP contribution in [-0.2, 0) is 11.3 Å². The molecule has 0 radical (unpaired) electrons. The Bertz CT molecular complexity index is 1330. The van der Waals surface area contributed by atoms with Crippen LogP contribution in [0.15, 0.2) is 65.8 Å². The Balaban J connectivity index is 1.34. The van der Waals surface area contributed by atoms with Crippen molar-refractivity contribution in [3.8, 4) is 17.2 Å². The van der Waals surface area contributed by atoms with Gasteiger partial charge in [0.05, 0.1) is 17.9 Å². The van der Waals surface area contributed by atoms with E-state index < -0.39 is 0 Å². The van der Waals surface area contributed by atoms with Crippen molar-refractivity contribution in [2.45, 2.75) is 19.5 Å². The normalized spacial score (nSPS) is 13.3. The number of nitrogens with one attached hydrogen (secondary N) is 1. The van der Waals surface area contributed by atoms with Crippen LogP contribution in [0.2, 0.25) is 0 Å². The number of para-hydroxylation sites is 1. The van der Waals surface area contributed by atoms with Crippen molar-refractivity contribution in [1.29, 1.82) is 0 Å². The lowest BCUT2D eigenvalue weighted by molar-refractivity contribution is -0.122. The molecule has 0 bridgehead atoms. The maximum Gasteiger partial charge on any atom is 0.264 e. The molecule has 0 spiro atoms. The summed E-state index contributed by atoms with van der Waals surface area (Å²) in [5.74, 6) is 1.04. The van der Waals surface area contributed by atoms with Crippen LogP contribution in [-0.4, -0.2) is 32.0 Å². The number of hydrogen-bond donors (Lipinski definition) is 1. The molecule has 2 aromatic heterocycles. The van der Waals surface area contributed by atoms with E-state index in [0.717, 1.165) is 11.3 Å². The number of hydrogen-bond acceptors (Lipinski definition) is 6. The molecule has 9 nitrogen and oxygen atoms in total. The van der Waals surface area contributed by atoms with Crippen molar-refractivity contribution >= 4 is 16.9 Å². The minimum atomic E-state index is -0.321. The Labute approximate surface area is 176 Å². The molecule has 2 aromatic carbocycles. The van der Waals surface area contributed by atoms with E-state index in [4.69, 9.17) is 9.47 Å². The summed E-state index contributed by atoms with van der Waals surface area (Å²) in [6.07, 6.45) is 2.85. The summed E-state index contributed by atoms with van der Waals surface area (Å²) >= 11 is 0. The van der Waals surface area contributed by atoms with Gasteiger partial charge in [0.2, 0.25) is 12.7 Å². The molecule has 156 valence electrons. The van der Waals surface area contributed by atoms with Crippen LogP contribution in [0, 0.1) is 0 Å². The smallest absolute Gasteiger partial charge is 0.264 e. The number of ether oxygens (including phenoxy) is 2. The molecule has 1 amide bonds. The Morgan fingerprint density at radius 2 is 1.97 bits per heavy atom. The first-order valence-corrected chi connectivity index (χ1v) is 9.77. The maximum atomic E-state index is 12.9. The molecule has 1 unspecified atom stereocenters. The first kappa shape index (κ1) is 18.9. The third-order valence-electron chi connectivity index (χ3n) is 5.14. The van der Waals surface area contributed by atoms with Crippen LogP contribution in [0.4, 0.5) is 0 Å². The summed E-state index contributed by atoms with van der Waals surface area (Å²) < 4.78 is 13.6. The molecule has 1 N–H and O–H groups in total. The summed E-state index contributed by atoms with van der Waals surface area (Å²) in [7, 11) is 0. The van der Waals surface area contributed by atoms with Crippen LogP contribution in [0.3, 0.4) is 0 Å². The molecular weight excluding hydrogens is 398 g/mol. The largest absolute Gasteiger partial charge is 0.454 e. The predicted octanol–water partition coefficient (Wildman–Crippen LogP) is 2.19. The number of carbonyl (C=O) groups excluding carboxylic acids is 1. The van der Waals surface area contributed by atoms with Gasteiger partial charge < -0.3 is 14.8 Å². The highest BCUT2D eigenvalue weighted by Gasteiger charge is 2.18. The zero-order chi connectivity index (χ0) is 21.4. The average Bonchev–Trinajstić information content (AvgIpc) is 3.43. The topological polar surface area (TPSA) is 100 Å². The Morgan fingerprint density at radius 1 is 1.16 bits per heavy atom. The van der Waals surface area contributed by atoms with Crippen molar-refractivity contribution in [3.05, 3.63) is 77.0 Å². The molecule has 0 saturated heterocycles. The summed E-state index contributed by atoms with van der Waals surface area (Å²) in [6.45, 7) is 1.91. The number of aromatic nitrogens is 4. The molecule has 4 aromatic rings. The second kappa shape index (κ2) is 7.60. The number of nitrogens with zero attached hydrogens (tertiary/aromatic N) is 4. The van der Waals surface area contributed by atoms with Crippen LogP contribution >= 0.6 is 0 Å². The first-order chi connectivity index (χ1) is 15.1. The average molecular weight is 417 g/mol. The maximum absolute atomic E-state index is 12.9. The Kier molecular flexibility index (Phi) is 4.62. The van der Waals surface area contributed by atoms with Gasteiger partial charge in [-0.2, -0.15) is 5.10 Å². The van der Waals surface area contributed by atoms with E-state index in [1.165, 1.54) is 17.1 Å². The van der Waals surface area contributed by atoms with Crippen LogP contribution in [0.1, 0.15) is 18.5 Å². The first-order valence-electron chi connectivity index (χ1n) is 9.77. The van der Waals surface area contributed by atoms with Gasteiger partial charge >= 0.3 is 0 Å². The lowest BCUT2D eigenvalue weighted by atomic mass is 10.1. The van der Waals surface area contributed by atoms with Gasteiger partial charge in [-0.3, -0.25) is 14.2 Å². The second-order valence-corrected chi connectivity index (χ2v) is 7.21. The van der Waals surface area contributed by atoms with E-state index in [-0.39, 0.29) is 30.8 Å². The highest BCUT2D eigenvalue weighted by atomic mass is 16.7. The third-order valence-corrected chi connectivity index (χ3v) is 5.14. The van der Waals surface area contributed by atoms with Crippen LogP contribution in [0.25, 0.3) is 16.7 Å². The molecule has 9 heteroatoms. The quantitative estimate of drug-likeness (QED) is 0.534. The van der Waals surface area contributed by atoms with E-state index in [9.17, 15) is 9.59 Å². The molecule has 1 atom stereocenters. The van der Waals surface area contributed by atoms with Gasteiger partial charge in [0, 0.05) is 0 Å². The molecular formula is C22H19N5O4. The Hall–Kier alpha value is -4.14. The van der Waals surface area contributed by atoms with Crippen LogP contribution < -0.4 is 20.3 Å². The fourth-order valence-corrected chi connectivity index (χ4v) is 3.53.